The molecule has 4 heteroatoms. The normalized spacial score (nSPS) is 11.1. The average molecular weight is 455 g/mol. The fourth-order valence-corrected chi connectivity index (χ4v) is 3.92. The topological polar surface area (TPSA) is 9.23 Å². The summed E-state index contributed by atoms with van der Waals surface area (Å²) < 4.78 is 49.5. The lowest BCUT2D eigenvalue weighted by molar-refractivity contribution is 0.286. The molecule has 0 aliphatic carbocycles. The number of hydrogen-bond donors (Lipinski definition) is 0. The van der Waals surface area contributed by atoms with Crippen LogP contribution in [0.3, 0.4) is 0 Å². The van der Waals surface area contributed by atoms with Crippen molar-refractivity contribution >= 4 is 0 Å². The molecule has 0 aliphatic heterocycles. The Hall–Kier alpha value is -2.75. The lowest BCUT2D eigenvalue weighted by Gasteiger charge is -2.12. The molecule has 3 aromatic rings. The Morgan fingerprint density at radius 2 is 1.30 bits per heavy atom. The standard InChI is InChI=1S/C29H33F3O/c1-3-5-7-8-10-21-11-13-22(14-12-21)24-16-15-23(20-26(24)30)25-17-18-27(29(32)28(25)31)33-19-9-6-4-2/h11-18,20H,3-10,19H2,1-2H3. The molecule has 0 heterocycles. The van der Waals surface area contributed by atoms with Crippen molar-refractivity contribution in [1.29, 1.82) is 0 Å². The highest BCUT2D eigenvalue weighted by molar-refractivity contribution is 5.72. The molecule has 176 valence electrons. The summed E-state index contributed by atoms with van der Waals surface area (Å²) in [5, 5.41) is 0. The van der Waals surface area contributed by atoms with Crippen LogP contribution < -0.4 is 4.74 Å². The van der Waals surface area contributed by atoms with Crippen molar-refractivity contribution in [3.63, 3.8) is 0 Å². The molecular weight excluding hydrogens is 421 g/mol. The maximum absolute atomic E-state index is 14.9. The maximum atomic E-state index is 14.9. The quantitative estimate of drug-likeness (QED) is 0.248. The summed E-state index contributed by atoms with van der Waals surface area (Å²) in [5.74, 6) is -2.65. The van der Waals surface area contributed by atoms with E-state index in [-0.39, 0.29) is 16.9 Å². The second kappa shape index (κ2) is 12.5. The van der Waals surface area contributed by atoms with Gasteiger partial charge in [-0.3, -0.25) is 0 Å². The third-order valence-corrected chi connectivity index (χ3v) is 5.92. The Labute approximate surface area is 195 Å². The lowest BCUT2D eigenvalue weighted by atomic mass is 9.97. The van der Waals surface area contributed by atoms with E-state index in [4.69, 9.17) is 4.74 Å². The van der Waals surface area contributed by atoms with E-state index in [1.165, 1.54) is 43.0 Å². The predicted octanol–water partition coefficient (Wildman–Crippen LogP) is 9.13. The Bertz CT molecular complexity index is 1030. The van der Waals surface area contributed by atoms with E-state index >= 15 is 0 Å². The average Bonchev–Trinajstić information content (AvgIpc) is 2.83. The fourth-order valence-electron chi connectivity index (χ4n) is 3.92. The van der Waals surface area contributed by atoms with Crippen LogP contribution in [0.25, 0.3) is 22.3 Å². The molecule has 0 saturated heterocycles. The Kier molecular flexibility index (Phi) is 9.41. The number of rotatable bonds is 12. The molecule has 1 nitrogen and oxygen atoms in total. The van der Waals surface area contributed by atoms with Crippen molar-refractivity contribution in [2.24, 2.45) is 0 Å². The van der Waals surface area contributed by atoms with Crippen molar-refractivity contribution < 1.29 is 17.9 Å². The molecule has 0 unspecified atom stereocenters. The van der Waals surface area contributed by atoms with E-state index in [1.54, 1.807) is 12.1 Å². The first kappa shape index (κ1) is 24.9. The minimum Gasteiger partial charge on any atom is -0.490 e. The van der Waals surface area contributed by atoms with Crippen molar-refractivity contribution in [3.8, 4) is 28.0 Å². The summed E-state index contributed by atoms with van der Waals surface area (Å²) >= 11 is 0. The molecule has 0 fully saturated rings. The van der Waals surface area contributed by atoms with Gasteiger partial charge < -0.3 is 4.74 Å². The van der Waals surface area contributed by atoms with Gasteiger partial charge in [0.25, 0.3) is 0 Å². The van der Waals surface area contributed by atoms with Gasteiger partial charge in [-0.2, -0.15) is 4.39 Å². The van der Waals surface area contributed by atoms with E-state index in [1.807, 2.05) is 24.3 Å². The first-order valence-corrected chi connectivity index (χ1v) is 12.0. The number of benzene rings is 3. The van der Waals surface area contributed by atoms with Gasteiger partial charge in [-0.15, -0.1) is 0 Å². The number of ether oxygens (including phenoxy) is 1. The Morgan fingerprint density at radius 3 is 2.00 bits per heavy atom. The molecule has 3 aromatic carbocycles. The van der Waals surface area contributed by atoms with Gasteiger partial charge >= 0.3 is 0 Å². The van der Waals surface area contributed by atoms with Crippen LogP contribution in [-0.2, 0) is 6.42 Å². The second-order valence-electron chi connectivity index (χ2n) is 8.50. The summed E-state index contributed by atoms with van der Waals surface area (Å²) in [7, 11) is 0. The van der Waals surface area contributed by atoms with Gasteiger partial charge in [0.15, 0.2) is 11.6 Å². The Morgan fingerprint density at radius 1 is 0.636 bits per heavy atom. The van der Waals surface area contributed by atoms with E-state index in [2.05, 4.69) is 13.8 Å². The van der Waals surface area contributed by atoms with Gasteiger partial charge in [-0.1, -0.05) is 82.3 Å². The third-order valence-electron chi connectivity index (χ3n) is 5.92. The van der Waals surface area contributed by atoms with Gasteiger partial charge in [0.05, 0.1) is 6.61 Å². The molecule has 0 amide bonds. The van der Waals surface area contributed by atoms with E-state index < -0.39 is 17.5 Å². The van der Waals surface area contributed by atoms with Crippen LogP contribution in [0.5, 0.6) is 5.75 Å². The van der Waals surface area contributed by atoms with E-state index in [0.717, 1.165) is 37.7 Å². The highest BCUT2D eigenvalue weighted by Gasteiger charge is 2.17. The zero-order valence-corrected chi connectivity index (χ0v) is 19.6. The number of aryl methyl sites for hydroxylation is 1. The van der Waals surface area contributed by atoms with Crippen molar-refractivity contribution in [2.75, 3.05) is 6.61 Å². The first-order chi connectivity index (χ1) is 16.0. The molecule has 3 rings (SSSR count). The smallest absolute Gasteiger partial charge is 0.201 e. The van der Waals surface area contributed by atoms with Crippen LogP contribution in [0.2, 0.25) is 0 Å². The minimum atomic E-state index is -1.04. The van der Waals surface area contributed by atoms with Gasteiger partial charge in [0.1, 0.15) is 5.82 Å². The lowest BCUT2D eigenvalue weighted by Crippen LogP contribution is -2.01. The van der Waals surface area contributed by atoms with Crippen molar-refractivity contribution in [2.45, 2.75) is 65.2 Å². The molecule has 0 aliphatic rings. The Balaban J connectivity index is 1.73. The zero-order valence-electron chi connectivity index (χ0n) is 19.6. The molecule has 33 heavy (non-hydrogen) atoms. The summed E-state index contributed by atoms with van der Waals surface area (Å²) in [5.41, 5.74) is 2.74. The molecule has 0 atom stereocenters. The van der Waals surface area contributed by atoms with Crippen LogP contribution in [0, 0.1) is 17.5 Å². The fraction of sp³-hybridized carbons (Fsp3) is 0.379. The summed E-state index contributed by atoms with van der Waals surface area (Å²) in [6, 6.07) is 15.2. The van der Waals surface area contributed by atoms with Crippen LogP contribution >= 0.6 is 0 Å². The molecular formula is C29H33F3O. The summed E-state index contributed by atoms with van der Waals surface area (Å²) in [6.45, 7) is 4.59. The van der Waals surface area contributed by atoms with E-state index in [0.29, 0.717) is 12.2 Å². The predicted molar refractivity (Wildman–Crippen MR) is 130 cm³/mol. The van der Waals surface area contributed by atoms with Crippen LogP contribution in [-0.4, -0.2) is 6.61 Å². The van der Waals surface area contributed by atoms with Crippen LogP contribution in [0.4, 0.5) is 13.2 Å². The number of unbranched alkanes of at least 4 members (excludes halogenated alkanes) is 5. The molecule has 0 saturated carbocycles. The highest BCUT2D eigenvalue weighted by atomic mass is 19.2. The third kappa shape index (κ3) is 6.63. The second-order valence-corrected chi connectivity index (χ2v) is 8.50. The molecule has 0 radical (unpaired) electrons. The molecule has 0 bridgehead atoms. The van der Waals surface area contributed by atoms with Crippen LogP contribution in [0.1, 0.15) is 64.4 Å². The number of halogens is 3. The molecule has 0 spiro atoms. The van der Waals surface area contributed by atoms with Gasteiger partial charge in [-0.05, 0) is 54.2 Å². The SMILES string of the molecule is CCCCCCc1ccc(-c2ccc(-c3ccc(OCCCCC)c(F)c3F)cc2F)cc1. The van der Waals surface area contributed by atoms with Crippen LogP contribution in [0.15, 0.2) is 54.6 Å². The van der Waals surface area contributed by atoms with Crippen molar-refractivity contribution in [1.82, 2.24) is 0 Å². The summed E-state index contributed by atoms with van der Waals surface area (Å²) in [6.07, 6.45) is 8.62. The van der Waals surface area contributed by atoms with Gasteiger partial charge in [0.2, 0.25) is 5.82 Å². The van der Waals surface area contributed by atoms with Gasteiger partial charge in [0, 0.05) is 11.1 Å². The summed E-state index contributed by atoms with van der Waals surface area (Å²) in [4.78, 5) is 0. The molecule has 0 aromatic heterocycles. The highest BCUT2D eigenvalue weighted by Crippen LogP contribution is 2.33. The zero-order chi connectivity index (χ0) is 23.6. The van der Waals surface area contributed by atoms with Gasteiger partial charge in [-0.25, -0.2) is 8.78 Å². The molecule has 0 N–H and O–H groups in total. The minimum absolute atomic E-state index is 0.0151. The first-order valence-electron chi connectivity index (χ1n) is 12.0. The number of hydrogen-bond acceptors (Lipinski definition) is 1. The van der Waals surface area contributed by atoms with E-state index in [9.17, 15) is 13.2 Å². The largest absolute Gasteiger partial charge is 0.490 e. The monoisotopic (exact) mass is 454 g/mol. The maximum Gasteiger partial charge on any atom is 0.201 e. The van der Waals surface area contributed by atoms with Crippen molar-refractivity contribution in [3.05, 3.63) is 77.6 Å².